The Morgan fingerprint density at radius 1 is 0.528 bits per heavy atom. The number of hydrogen-bond donors (Lipinski definition) is 1. The van der Waals surface area contributed by atoms with Gasteiger partial charge in [-0.3, -0.25) is 0 Å². The first-order valence-corrected chi connectivity index (χ1v) is 19.4. The van der Waals surface area contributed by atoms with Crippen LogP contribution in [0.5, 0.6) is 0 Å². The summed E-state index contributed by atoms with van der Waals surface area (Å²) in [5, 5.41) is 7.31. The van der Waals surface area contributed by atoms with Gasteiger partial charge in [-0.2, -0.15) is 8.42 Å². The zero-order valence-electron chi connectivity index (χ0n) is 33.1. The van der Waals surface area contributed by atoms with E-state index in [-0.39, 0.29) is 36.1 Å². The SMILES string of the molecule is CC(C)(C)c1ccc(C(=O)OCC[N+](C)(CCOC(=O)c2ccc(C(C)(C)C)cc2)CCOC(=O)c2ccc(C(C)(C)C)cc2)cc1.CS(=O)(=O)OO. The second-order valence-corrected chi connectivity index (χ2v) is 18.0. The van der Waals surface area contributed by atoms with Gasteiger partial charge in [-0.05, 0) is 69.3 Å². The highest BCUT2D eigenvalue weighted by atomic mass is 32.2. The van der Waals surface area contributed by atoms with E-state index >= 15 is 0 Å². The lowest BCUT2D eigenvalue weighted by Crippen LogP contribution is -2.51. The van der Waals surface area contributed by atoms with E-state index in [9.17, 15) is 22.8 Å². The fraction of sp³-hybridized carbons (Fsp3) is 0.488. The lowest BCUT2D eigenvalue weighted by Gasteiger charge is -2.34. The largest absolute Gasteiger partial charge is 0.456 e. The maximum atomic E-state index is 12.8. The van der Waals surface area contributed by atoms with Crippen molar-refractivity contribution < 1.29 is 51.1 Å². The molecule has 0 amide bonds. The summed E-state index contributed by atoms with van der Waals surface area (Å²) in [6, 6.07) is 22.4. The second-order valence-electron chi connectivity index (χ2n) is 16.5. The number of esters is 3. The van der Waals surface area contributed by atoms with Crippen molar-refractivity contribution in [2.75, 3.05) is 52.8 Å². The van der Waals surface area contributed by atoms with Crippen molar-refractivity contribution in [3.63, 3.8) is 0 Å². The van der Waals surface area contributed by atoms with Crippen LogP contribution in [-0.2, 0) is 44.9 Å². The number of ether oxygens (including phenoxy) is 3. The molecule has 0 saturated carbocycles. The van der Waals surface area contributed by atoms with E-state index in [0.29, 0.717) is 40.8 Å². The van der Waals surface area contributed by atoms with Crippen molar-refractivity contribution in [1.82, 2.24) is 0 Å². The van der Waals surface area contributed by atoms with Crippen LogP contribution in [0.2, 0.25) is 0 Å². The standard InChI is InChI=1S/C40H54NO6.CH4O4S/c1-38(2,3)32-17-11-29(12-18-32)35(42)45-26-23-41(10,24-27-46-36(43)30-13-19-33(20-14-30)39(4,5)6)25-28-47-37(44)31-15-21-34(22-16-31)40(7,8)9;1-6(3,4)5-2/h11-22H,23-28H2,1-10H3;2H,1H3/q+1;. The van der Waals surface area contributed by atoms with Crippen molar-refractivity contribution in [2.24, 2.45) is 0 Å². The highest BCUT2D eigenvalue weighted by Crippen LogP contribution is 2.24. The van der Waals surface area contributed by atoms with E-state index in [2.05, 4.69) is 66.6 Å². The molecule has 53 heavy (non-hydrogen) atoms. The van der Waals surface area contributed by atoms with E-state index in [1.54, 1.807) is 36.4 Å². The Bertz CT molecular complexity index is 1560. The van der Waals surface area contributed by atoms with Crippen LogP contribution in [0.4, 0.5) is 0 Å². The summed E-state index contributed by atoms with van der Waals surface area (Å²) >= 11 is 0. The number of rotatable bonds is 13. The fourth-order valence-electron chi connectivity index (χ4n) is 4.98. The van der Waals surface area contributed by atoms with Gasteiger partial charge in [-0.15, -0.1) is 4.33 Å². The molecule has 0 aromatic heterocycles. The maximum Gasteiger partial charge on any atom is 0.338 e. The predicted octanol–water partition coefficient (Wildman–Crippen LogP) is 7.33. The molecule has 3 aromatic carbocycles. The molecule has 0 fully saturated rings. The normalized spacial score (nSPS) is 12.3. The van der Waals surface area contributed by atoms with Crippen LogP contribution in [0, 0.1) is 0 Å². The molecule has 1 N–H and O–H groups in total. The number of carbonyl (C=O) groups excluding carboxylic acids is 3. The summed E-state index contributed by atoms with van der Waals surface area (Å²) in [4.78, 5) is 38.4. The highest BCUT2D eigenvalue weighted by Gasteiger charge is 2.25. The zero-order chi connectivity index (χ0) is 40.3. The minimum atomic E-state index is -3.61. The van der Waals surface area contributed by atoms with Gasteiger partial charge in [0.2, 0.25) is 0 Å². The Hall–Kier alpha value is -4.10. The average Bonchev–Trinajstić information content (AvgIpc) is 3.07. The van der Waals surface area contributed by atoms with E-state index in [0.717, 1.165) is 22.9 Å². The predicted molar refractivity (Wildman–Crippen MR) is 206 cm³/mol. The van der Waals surface area contributed by atoms with Crippen LogP contribution in [-0.4, -0.2) is 88.8 Å². The Labute approximate surface area is 315 Å². The fourth-order valence-corrected chi connectivity index (χ4v) is 4.98. The number of nitrogens with zero attached hydrogens (tertiary/aromatic N) is 1. The first-order valence-electron chi connectivity index (χ1n) is 17.5. The van der Waals surface area contributed by atoms with Crippen molar-refractivity contribution in [1.29, 1.82) is 0 Å². The molecule has 0 spiro atoms. The number of quaternary nitrogens is 1. The van der Waals surface area contributed by atoms with Gasteiger partial charge in [0.25, 0.3) is 10.1 Å². The summed E-state index contributed by atoms with van der Waals surface area (Å²) in [5.41, 5.74) is 4.84. The molecule has 0 aliphatic rings. The Balaban J connectivity index is 0.00000149. The van der Waals surface area contributed by atoms with Gasteiger partial charge >= 0.3 is 17.9 Å². The summed E-state index contributed by atoms with van der Waals surface area (Å²) in [6.07, 6.45) is 0.743. The lowest BCUT2D eigenvalue weighted by atomic mass is 9.87. The molecule has 3 aromatic rings. The van der Waals surface area contributed by atoms with Crippen molar-refractivity contribution in [2.45, 2.75) is 78.6 Å². The Morgan fingerprint density at radius 2 is 0.736 bits per heavy atom. The first-order chi connectivity index (χ1) is 24.3. The highest BCUT2D eigenvalue weighted by molar-refractivity contribution is 7.85. The van der Waals surface area contributed by atoms with Gasteiger partial charge < -0.3 is 18.7 Å². The van der Waals surface area contributed by atoms with Gasteiger partial charge in [0.05, 0.1) is 30.0 Å². The van der Waals surface area contributed by atoms with Crippen LogP contribution in [0.15, 0.2) is 72.8 Å². The molecular weight excluding hydrogens is 699 g/mol. The van der Waals surface area contributed by atoms with E-state index in [1.165, 1.54) is 0 Å². The number of likely N-dealkylation sites (N-methyl/N-ethyl adjacent to an activating group) is 1. The third-order valence-corrected chi connectivity index (χ3v) is 8.96. The van der Waals surface area contributed by atoms with Crippen LogP contribution in [0.25, 0.3) is 0 Å². The molecule has 11 nitrogen and oxygen atoms in total. The number of hydrogen-bond acceptors (Lipinski definition) is 10. The van der Waals surface area contributed by atoms with Crippen LogP contribution in [0.1, 0.15) is 110 Å². The molecule has 3 rings (SSSR count). The molecule has 0 unspecified atom stereocenters. The molecule has 0 bridgehead atoms. The summed E-state index contributed by atoms with van der Waals surface area (Å²) in [5.74, 6) is -1.19. The zero-order valence-corrected chi connectivity index (χ0v) is 34.0. The molecular formula is C41H58NO10S+. The topological polar surface area (TPSA) is 142 Å². The van der Waals surface area contributed by atoms with Crippen LogP contribution >= 0.6 is 0 Å². The monoisotopic (exact) mass is 756 g/mol. The van der Waals surface area contributed by atoms with Crippen molar-refractivity contribution in [3.8, 4) is 0 Å². The van der Waals surface area contributed by atoms with E-state index in [4.69, 9.17) is 19.5 Å². The van der Waals surface area contributed by atoms with Crippen molar-refractivity contribution >= 4 is 28.0 Å². The van der Waals surface area contributed by atoms with Gasteiger partial charge in [0.1, 0.15) is 39.5 Å². The van der Waals surface area contributed by atoms with E-state index < -0.39 is 28.0 Å². The van der Waals surface area contributed by atoms with Crippen molar-refractivity contribution in [3.05, 3.63) is 106 Å². The number of carbonyl (C=O) groups is 3. The molecule has 12 heteroatoms. The molecule has 0 saturated heterocycles. The lowest BCUT2D eigenvalue weighted by molar-refractivity contribution is -0.909. The van der Waals surface area contributed by atoms with Gasteiger partial charge in [0.15, 0.2) is 0 Å². The smallest absolute Gasteiger partial charge is 0.338 e. The third kappa shape index (κ3) is 15.8. The molecule has 0 radical (unpaired) electrons. The van der Waals surface area contributed by atoms with Gasteiger partial charge in [0, 0.05) is 0 Å². The summed E-state index contributed by atoms with van der Waals surface area (Å²) in [6.45, 7) is 20.9. The first kappa shape index (κ1) is 45.1. The minimum absolute atomic E-state index is 0.0135. The van der Waals surface area contributed by atoms with Crippen LogP contribution in [0.3, 0.4) is 0 Å². The molecule has 292 valence electrons. The quantitative estimate of drug-likeness (QED) is 0.0619. The molecule has 0 aliphatic carbocycles. The third-order valence-electron chi connectivity index (χ3n) is 8.69. The maximum absolute atomic E-state index is 12.8. The number of benzene rings is 3. The average molecular weight is 757 g/mol. The van der Waals surface area contributed by atoms with Gasteiger partial charge in [-0.25, -0.2) is 19.6 Å². The minimum Gasteiger partial charge on any atom is -0.456 e. The second kappa shape index (κ2) is 18.8. The van der Waals surface area contributed by atoms with Crippen LogP contribution < -0.4 is 0 Å². The van der Waals surface area contributed by atoms with E-state index in [1.807, 2.05) is 43.4 Å². The Kier molecular flexibility index (Phi) is 16.0. The molecule has 0 heterocycles. The Morgan fingerprint density at radius 3 is 0.906 bits per heavy atom. The summed E-state index contributed by atoms with van der Waals surface area (Å²) in [7, 11) is -1.63. The van der Waals surface area contributed by atoms with Gasteiger partial charge in [-0.1, -0.05) is 98.7 Å². The summed E-state index contributed by atoms with van der Waals surface area (Å²) < 4.78 is 39.3. The molecule has 0 aliphatic heterocycles. The molecule has 0 atom stereocenters.